The van der Waals surface area contributed by atoms with Gasteiger partial charge in [-0.25, -0.2) is 0 Å². The normalized spacial score (nSPS) is 8.00. The first kappa shape index (κ1) is 24.6. The van der Waals surface area contributed by atoms with Gasteiger partial charge in [-0.15, -0.1) is 0 Å². The van der Waals surface area contributed by atoms with Crippen LogP contribution in [0.15, 0.2) is 3.34 Å². The number of nitrogens with zero attached hydrogens (tertiary/aromatic N) is 1. The fourth-order valence-electron chi connectivity index (χ4n) is 0. The van der Waals surface area contributed by atoms with E-state index in [1.165, 1.54) is 0 Å². The first-order chi connectivity index (χ1) is 6.80. The summed E-state index contributed by atoms with van der Waals surface area (Å²) in [7, 11) is 11.2. The van der Waals surface area contributed by atoms with E-state index < -0.39 is 0 Å². The predicted octanol–water partition coefficient (Wildman–Crippen LogP) is 1.02. The molecule has 0 heterocycles. The van der Waals surface area contributed by atoms with Crippen molar-refractivity contribution in [3.63, 3.8) is 0 Å². The molecule has 0 aromatic carbocycles. The maximum Gasteiger partial charge on any atom is -0.0167 e. The molecule has 0 amide bonds. The standard InChI is InChI=1S/C4H9N.3C2H7N.Ta/c1-4(2,3)5;3*1-3-2;/h1-3H3;3*3H,1-2H3;. The molecule has 95 valence electrons. The molecule has 0 aromatic rings. The summed E-state index contributed by atoms with van der Waals surface area (Å²) < 4.78 is 4.13. The van der Waals surface area contributed by atoms with Crippen molar-refractivity contribution in [1.29, 1.82) is 0 Å². The van der Waals surface area contributed by atoms with Gasteiger partial charge in [-0.1, -0.05) is 0 Å². The molecule has 0 aliphatic heterocycles. The summed E-state index contributed by atoms with van der Waals surface area (Å²) in [6, 6.07) is 0. The summed E-state index contributed by atoms with van der Waals surface area (Å²) in [5.41, 5.74) is 0.216. The third-order valence-electron chi connectivity index (χ3n) is 0.300. The van der Waals surface area contributed by atoms with Crippen LogP contribution in [0.3, 0.4) is 0 Å². The number of hydrogen-bond acceptors (Lipinski definition) is 4. The Hall–Kier alpha value is 0.420. The van der Waals surface area contributed by atoms with Crippen molar-refractivity contribution in [2.75, 3.05) is 42.3 Å². The Bertz CT molecular complexity index is 87.2. The molecular formula is C10H30N4Ta. The van der Waals surface area contributed by atoms with Gasteiger partial charge >= 0.3 is 50.5 Å². The Morgan fingerprint density at radius 2 is 0.800 bits per heavy atom. The van der Waals surface area contributed by atoms with E-state index in [-0.39, 0.29) is 5.54 Å². The van der Waals surface area contributed by atoms with Crippen molar-refractivity contribution in [2.45, 2.75) is 26.3 Å². The van der Waals surface area contributed by atoms with Gasteiger partial charge in [0.1, 0.15) is 0 Å². The summed E-state index contributed by atoms with van der Waals surface area (Å²) in [5, 5.41) is 8.25. The number of hydrogen-bond donors (Lipinski definition) is 3. The van der Waals surface area contributed by atoms with Crippen LogP contribution in [-0.2, 0) is 20.9 Å². The number of rotatable bonds is 0. The minimum absolute atomic E-state index is 0.216. The van der Waals surface area contributed by atoms with Crippen LogP contribution in [-0.4, -0.2) is 47.8 Å². The van der Waals surface area contributed by atoms with E-state index in [4.69, 9.17) is 0 Å². The molecule has 3 N–H and O–H groups in total. The molecule has 0 aromatic heterocycles. The Morgan fingerprint density at radius 3 is 0.800 bits per heavy atom. The third-order valence-corrected chi connectivity index (χ3v) is 2.46. The van der Waals surface area contributed by atoms with Gasteiger partial charge in [0.2, 0.25) is 0 Å². The fourth-order valence-corrected chi connectivity index (χ4v) is 0. The molecule has 5 heteroatoms. The molecule has 0 unspecified atom stereocenters. The van der Waals surface area contributed by atoms with Gasteiger partial charge < -0.3 is 16.0 Å². The van der Waals surface area contributed by atoms with Crippen molar-refractivity contribution in [3.05, 3.63) is 0 Å². The summed E-state index contributed by atoms with van der Waals surface area (Å²) in [4.78, 5) is 0. The van der Waals surface area contributed by atoms with Crippen molar-refractivity contribution in [3.8, 4) is 0 Å². The molecule has 0 saturated heterocycles. The van der Waals surface area contributed by atoms with Crippen LogP contribution in [0.25, 0.3) is 0 Å². The van der Waals surface area contributed by atoms with Gasteiger partial charge in [0.15, 0.2) is 0 Å². The minimum atomic E-state index is 0.216. The van der Waals surface area contributed by atoms with Gasteiger partial charge in [0, 0.05) is 0 Å². The number of nitrogens with one attached hydrogen (secondary N) is 3. The second-order valence-corrected chi connectivity index (χ2v) is 4.49. The van der Waals surface area contributed by atoms with Crippen LogP contribution in [0.5, 0.6) is 0 Å². The quantitative estimate of drug-likeness (QED) is 0.582. The van der Waals surface area contributed by atoms with E-state index in [1.54, 1.807) is 0 Å². The summed E-state index contributed by atoms with van der Waals surface area (Å²) in [6.07, 6.45) is 0. The molecule has 0 aliphatic carbocycles. The van der Waals surface area contributed by atoms with E-state index in [9.17, 15) is 0 Å². The summed E-state index contributed by atoms with van der Waals surface area (Å²) >= 11 is 1.15. The SMILES string of the molecule is CC(C)(C)[N]=[Ta].CNC.CNC.CNC. The second-order valence-electron chi connectivity index (χ2n) is 3.77. The third kappa shape index (κ3) is 190. The van der Waals surface area contributed by atoms with E-state index in [2.05, 4.69) is 40.1 Å². The molecule has 0 radical (unpaired) electrons. The molecular weight excluding hydrogens is 357 g/mol. The van der Waals surface area contributed by atoms with Crippen LogP contribution >= 0.6 is 0 Å². The average molecular weight is 387 g/mol. The molecule has 0 spiro atoms. The molecule has 0 aliphatic rings. The van der Waals surface area contributed by atoms with Crippen molar-refractivity contribution < 1.29 is 20.9 Å². The average Bonchev–Trinajstić information content (AvgIpc) is 2.07. The van der Waals surface area contributed by atoms with Gasteiger partial charge in [-0.05, 0) is 42.3 Å². The van der Waals surface area contributed by atoms with E-state index in [0.29, 0.717) is 0 Å². The molecule has 15 heavy (non-hydrogen) atoms. The first-order valence-corrected chi connectivity index (χ1v) is 6.36. The van der Waals surface area contributed by atoms with Crippen LogP contribution in [0.4, 0.5) is 0 Å². The second kappa shape index (κ2) is 23.9. The zero-order valence-corrected chi connectivity index (χ0v) is 15.1. The van der Waals surface area contributed by atoms with Crippen molar-refractivity contribution in [1.82, 2.24) is 16.0 Å². The topological polar surface area (TPSA) is 48.5 Å². The maximum atomic E-state index is 4.13. The van der Waals surface area contributed by atoms with E-state index in [0.717, 1.165) is 20.9 Å². The molecule has 0 saturated carbocycles. The molecule has 0 atom stereocenters. The van der Waals surface area contributed by atoms with Gasteiger partial charge in [-0.3, -0.25) is 0 Å². The molecule has 0 fully saturated rings. The van der Waals surface area contributed by atoms with Crippen molar-refractivity contribution in [2.24, 2.45) is 3.34 Å². The van der Waals surface area contributed by atoms with Gasteiger partial charge in [-0.2, -0.15) is 0 Å². The zero-order chi connectivity index (χ0) is 13.3. The molecule has 0 bridgehead atoms. The Kier molecular flexibility index (Phi) is 39.2. The van der Waals surface area contributed by atoms with Crippen LogP contribution in [0.1, 0.15) is 20.8 Å². The summed E-state index contributed by atoms with van der Waals surface area (Å²) in [6.45, 7) is 6.31. The molecule has 0 rings (SSSR count). The largest absolute Gasteiger partial charge is 0.323 e. The molecule has 4 nitrogen and oxygen atoms in total. The minimum Gasteiger partial charge on any atom is -0.323 e. The maximum absolute atomic E-state index is 4.13. The van der Waals surface area contributed by atoms with Crippen LogP contribution < -0.4 is 16.0 Å². The van der Waals surface area contributed by atoms with Gasteiger partial charge in [0.25, 0.3) is 0 Å². The smallest absolute Gasteiger partial charge is 0.0167 e. The van der Waals surface area contributed by atoms with Crippen LogP contribution in [0.2, 0.25) is 0 Å². The zero-order valence-electron chi connectivity index (χ0n) is 11.9. The first-order valence-electron chi connectivity index (χ1n) is 4.92. The van der Waals surface area contributed by atoms with E-state index >= 15 is 0 Å². The summed E-state index contributed by atoms with van der Waals surface area (Å²) in [5.74, 6) is 0. The fraction of sp³-hybridized carbons (Fsp3) is 1.00. The van der Waals surface area contributed by atoms with Crippen molar-refractivity contribution >= 4 is 0 Å². The monoisotopic (exact) mass is 387 g/mol. The Balaban J connectivity index is -0.0000000581. The van der Waals surface area contributed by atoms with E-state index in [1.807, 2.05) is 42.3 Å². The Morgan fingerprint density at radius 1 is 0.733 bits per heavy atom. The van der Waals surface area contributed by atoms with Gasteiger partial charge in [0.05, 0.1) is 0 Å². The Labute approximate surface area is 109 Å². The predicted molar refractivity (Wildman–Crippen MR) is 67.1 cm³/mol. The van der Waals surface area contributed by atoms with Crippen LogP contribution in [0, 0.1) is 0 Å².